The molecule has 0 radical (unpaired) electrons. The molecule has 1 aliphatic heterocycles. The van der Waals surface area contributed by atoms with E-state index in [1.165, 1.54) is 6.07 Å². The molecule has 1 aliphatic rings. The van der Waals surface area contributed by atoms with Crippen molar-refractivity contribution in [2.24, 2.45) is 7.05 Å². The lowest BCUT2D eigenvalue weighted by Crippen LogP contribution is -2.54. The molecule has 1 fully saturated rings. The number of benzene rings is 1. The van der Waals surface area contributed by atoms with Crippen molar-refractivity contribution in [2.45, 2.75) is 25.9 Å². The number of hydrogen-bond donors (Lipinski definition) is 2. The Balaban J connectivity index is 0.00000162. The van der Waals surface area contributed by atoms with Crippen LogP contribution >= 0.6 is 24.8 Å². The summed E-state index contributed by atoms with van der Waals surface area (Å²) in [6, 6.07) is 9.23. The van der Waals surface area contributed by atoms with Gasteiger partial charge in [-0.05, 0) is 49.7 Å². The fraction of sp³-hybridized carbons (Fsp3) is 0.304. The van der Waals surface area contributed by atoms with Crippen LogP contribution in [0.2, 0.25) is 0 Å². The van der Waals surface area contributed by atoms with Crippen LogP contribution in [0.4, 0.5) is 10.2 Å². The summed E-state index contributed by atoms with van der Waals surface area (Å²) in [5.41, 5.74) is 2.33. The zero-order valence-corrected chi connectivity index (χ0v) is 20.6. The predicted octanol–water partition coefficient (Wildman–Crippen LogP) is 3.97. The maximum absolute atomic E-state index is 14.4. The van der Waals surface area contributed by atoms with Gasteiger partial charge in [0.2, 0.25) is 0 Å². The van der Waals surface area contributed by atoms with E-state index >= 15 is 0 Å². The topological polar surface area (TPSA) is 92.0 Å². The Kier molecular flexibility index (Phi) is 7.60. The van der Waals surface area contributed by atoms with Gasteiger partial charge >= 0.3 is 0 Å². The summed E-state index contributed by atoms with van der Waals surface area (Å²) >= 11 is 0. The molecular weight excluding hydrogens is 480 g/mol. The van der Waals surface area contributed by atoms with Crippen LogP contribution in [0.25, 0.3) is 33.4 Å². The largest absolute Gasteiger partial charge is 0.506 e. The fourth-order valence-corrected chi connectivity index (χ4v) is 4.32. The molecular formula is C23H26Cl2FN7O. The van der Waals surface area contributed by atoms with Crippen molar-refractivity contribution in [1.29, 1.82) is 0 Å². The Morgan fingerprint density at radius 3 is 2.41 bits per heavy atom. The molecule has 2 atom stereocenters. The predicted molar refractivity (Wildman–Crippen MR) is 135 cm³/mol. The van der Waals surface area contributed by atoms with E-state index in [0.717, 1.165) is 18.9 Å². The van der Waals surface area contributed by atoms with E-state index in [0.29, 0.717) is 45.5 Å². The minimum Gasteiger partial charge on any atom is -0.506 e. The highest BCUT2D eigenvalue weighted by Gasteiger charge is 2.22. The van der Waals surface area contributed by atoms with E-state index < -0.39 is 5.82 Å². The van der Waals surface area contributed by atoms with Gasteiger partial charge in [-0.3, -0.25) is 4.68 Å². The van der Waals surface area contributed by atoms with Crippen LogP contribution < -0.4 is 10.2 Å². The molecule has 11 heteroatoms. The van der Waals surface area contributed by atoms with Gasteiger partial charge in [0.05, 0.1) is 0 Å². The Bertz CT molecular complexity index is 1290. The van der Waals surface area contributed by atoms with Crippen LogP contribution in [0, 0.1) is 5.82 Å². The number of fused-ring (bicyclic) bond motifs is 1. The van der Waals surface area contributed by atoms with Gasteiger partial charge < -0.3 is 15.3 Å². The molecule has 8 nitrogen and oxygen atoms in total. The summed E-state index contributed by atoms with van der Waals surface area (Å²) in [5.74, 6) is 0.339. The number of halogens is 3. The maximum Gasteiger partial charge on any atom is 0.151 e. The fourth-order valence-electron chi connectivity index (χ4n) is 4.32. The molecule has 180 valence electrons. The summed E-state index contributed by atoms with van der Waals surface area (Å²) in [6.45, 7) is 6.00. The van der Waals surface area contributed by atoms with Crippen molar-refractivity contribution in [3.63, 3.8) is 0 Å². The quantitative estimate of drug-likeness (QED) is 0.435. The van der Waals surface area contributed by atoms with Gasteiger partial charge in [-0.1, -0.05) is 0 Å². The lowest BCUT2D eigenvalue weighted by Gasteiger charge is -2.36. The Hall–Kier alpha value is -3.01. The minimum atomic E-state index is -0.417. The Morgan fingerprint density at radius 2 is 1.76 bits per heavy atom. The summed E-state index contributed by atoms with van der Waals surface area (Å²) < 4.78 is 16.0. The highest BCUT2D eigenvalue weighted by Crippen LogP contribution is 2.32. The number of rotatable bonds is 3. The molecule has 1 aromatic carbocycles. The summed E-state index contributed by atoms with van der Waals surface area (Å²) in [5, 5.41) is 27.6. The number of aryl methyl sites for hydroxylation is 1. The second kappa shape index (κ2) is 10.1. The average molecular weight is 506 g/mol. The number of nitrogens with one attached hydrogen (secondary N) is 1. The number of nitrogens with zero attached hydrogens (tertiary/aromatic N) is 6. The summed E-state index contributed by atoms with van der Waals surface area (Å²) in [6.07, 6.45) is 3.35. The monoisotopic (exact) mass is 505 g/mol. The van der Waals surface area contributed by atoms with Crippen LogP contribution in [0.5, 0.6) is 5.75 Å². The van der Waals surface area contributed by atoms with Crippen molar-refractivity contribution >= 4 is 41.5 Å². The SMILES string of the molecule is C[C@@H]1CN(c2ccc(-c3ncc(-c4cc(F)c5nn(C)cc5c4)cc3O)nn2)C[C@H](C)N1.Cl.Cl. The summed E-state index contributed by atoms with van der Waals surface area (Å²) in [7, 11) is 1.75. The van der Waals surface area contributed by atoms with Crippen LogP contribution in [0.3, 0.4) is 0 Å². The Labute approximate surface area is 209 Å². The van der Waals surface area contributed by atoms with Gasteiger partial charge in [0.15, 0.2) is 11.6 Å². The maximum atomic E-state index is 14.4. The third kappa shape index (κ3) is 4.91. The molecule has 2 N–H and O–H groups in total. The molecule has 0 amide bonds. The third-order valence-corrected chi connectivity index (χ3v) is 5.65. The number of pyridine rings is 1. The van der Waals surface area contributed by atoms with Gasteiger partial charge in [-0.2, -0.15) is 5.10 Å². The molecule has 0 bridgehead atoms. The Morgan fingerprint density at radius 1 is 1.03 bits per heavy atom. The first-order valence-electron chi connectivity index (χ1n) is 10.5. The van der Waals surface area contributed by atoms with Crippen LogP contribution in [0.15, 0.2) is 42.7 Å². The molecule has 0 unspecified atom stereocenters. The van der Waals surface area contributed by atoms with Gasteiger partial charge in [0.25, 0.3) is 0 Å². The van der Waals surface area contributed by atoms with Gasteiger partial charge in [-0.15, -0.1) is 35.0 Å². The van der Waals surface area contributed by atoms with E-state index in [1.807, 2.05) is 18.2 Å². The standard InChI is InChI=1S/C23H24FN7O.2ClH/c1-13-10-31(11-14(2)26-13)21-5-4-19(27-28-21)23-20(32)8-16(9-25-23)15-6-17-12-30(3)29-22(17)18(24)7-15;;/h4-9,12-14,26,32H,10-11H2,1-3H3;2*1H/t13-,14+;;. The molecule has 5 rings (SSSR count). The molecule has 3 aromatic heterocycles. The van der Waals surface area contributed by atoms with Crippen molar-refractivity contribution in [2.75, 3.05) is 18.0 Å². The number of aromatic nitrogens is 5. The molecule has 34 heavy (non-hydrogen) atoms. The minimum absolute atomic E-state index is 0. The van der Waals surface area contributed by atoms with Gasteiger partial charge in [0.1, 0.15) is 22.7 Å². The number of aromatic hydroxyl groups is 1. The van der Waals surface area contributed by atoms with Gasteiger partial charge in [0, 0.05) is 55.6 Å². The molecule has 0 saturated carbocycles. The highest BCUT2D eigenvalue weighted by atomic mass is 35.5. The second-order valence-corrected chi connectivity index (χ2v) is 8.44. The van der Waals surface area contributed by atoms with Gasteiger partial charge in [-0.25, -0.2) is 9.37 Å². The molecule has 0 aliphatic carbocycles. The molecule has 4 aromatic rings. The average Bonchev–Trinajstić information content (AvgIpc) is 3.14. The third-order valence-electron chi connectivity index (χ3n) is 5.65. The lowest BCUT2D eigenvalue weighted by atomic mass is 10.0. The van der Waals surface area contributed by atoms with Crippen LogP contribution in [-0.4, -0.2) is 55.2 Å². The number of piperazine rings is 1. The second-order valence-electron chi connectivity index (χ2n) is 8.44. The first-order valence-corrected chi connectivity index (χ1v) is 10.5. The molecule has 1 saturated heterocycles. The lowest BCUT2D eigenvalue weighted by molar-refractivity contribution is 0.404. The zero-order chi connectivity index (χ0) is 22.4. The smallest absolute Gasteiger partial charge is 0.151 e. The van der Waals surface area contributed by atoms with Crippen molar-refractivity contribution in [3.05, 3.63) is 48.5 Å². The highest BCUT2D eigenvalue weighted by molar-refractivity contribution is 5.86. The van der Waals surface area contributed by atoms with E-state index in [2.05, 4.69) is 44.3 Å². The van der Waals surface area contributed by atoms with E-state index in [9.17, 15) is 9.50 Å². The van der Waals surface area contributed by atoms with Crippen LogP contribution in [-0.2, 0) is 7.05 Å². The first-order chi connectivity index (χ1) is 15.4. The van der Waals surface area contributed by atoms with E-state index in [-0.39, 0.29) is 30.6 Å². The van der Waals surface area contributed by atoms with E-state index in [4.69, 9.17) is 0 Å². The summed E-state index contributed by atoms with van der Waals surface area (Å²) in [4.78, 5) is 6.58. The van der Waals surface area contributed by atoms with Crippen molar-refractivity contribution < 1.29 is 9.50 Å². The van der Waals surface area contributed by atoms with Crippen LogP contribution in [0.1, 0.15) is 13.8 Å². The molecule has 4 heterocycles. The number of hydrogen-bond acceptors (Lipinski definition) is 7. The van der Waals surface area contributed by atoms with E-state index in [1.54, 1.807) is 30.2 Å². The van der Waals surface area contributed by atoms with Crippen molar-refractivity contribution in [3.8, 4) is 28.3 Å². The zero-order valence-electron chi connectivity index (χ0n) is 18.9. The first kappa shape index (κ1) is 25.6. The van der Waals surface area contributed by atoms with Crippen molar-refractivity contribution in [1.82, 2.24) is 30.3 Å². The normalized spacial score (nSPS) is 17.8. The number of anilines is 1. The molecule has 0 spiro atoms.